The van der Waals surface area contributed by atoms with Gasteiger partial charge in [-0.15, -0.1) is 0 Å². The summed E-state index contributed by atoms with van der Waals surface area (Å²) in [6.45, 7) is 4.46. The molecule has 0 radical (unpaired) electrons. The number of morpholine rings is 1. The van der Waals surface area contributed by atoms with E-state index in [1.54, 1.807) is 6.07 Å². The van der Waals surface area contributed by atoms with E-state index in [0.29, 0.717) is 19.7 Å². The van der Waals surface area contributed by atoms with Crippen LogP contribution in [0.2, 0.25) is 0 Å². The van der Waals surface area contributed by atoms with Crippen LogP contribution in [0.15, 0.2) is 24.3 Å². The summed E-state index contributed by atoms with van der Waals surface area (Å²) >= 11 is 0. The summed E-state index contributed by atoms with van der Waals surface area (Å²) in [5, 5.41) is 4.05. The van der Waals surface area contributed by atoms with E-state index in [9.17, 15) is 9.18 Å². The maximum Gasteiger partial charge on any atom is 0.253 e. The van der Waals surface area contributed by atoms with Crippen LogP contribution in [0.1, 0.15) is 43.5 Å². The number of rotatable bonds is 7. The predicted octanol–water partition coefficient (Wildman–Crippen LogP) is 2.31. The van der Waals surface area contributed by atoms with Crippen molar-refractivity contribution in [2.45, 2.75) is 50.8 Å². The third kappa shape index (κ3) is 4.42. The van der Waals surface area contributed by atoms with Gasteiger partial charge in [0.2, 0.25) is 0 Å². The van der Waals surface area contributed by atoms with E-state index in [-0.39, 0.29) is 23.8 Å². The van der Waals surface area contributed by atoms with Gasteiger partial charge in [0, 0.05) is 24.5 Å². The summed E-state index contributed by atoms with van der Waals surface area (Å²) < 4.78 is 19.5. The second-order valence-electron chi connectivity index (χ2n) is 7.98. The largest absolute Gasteiger partial charge is 0.366 e. The van der Waals surface area contributed by atoms with E-state index >= 15 is 0 Å². The van der Waals surface area contributed by atoms with Crippen molar-refractivity contribution in [2.24, 2.45) is 5.73 Å². The van der Waals surface area contributed by atoms with Crippen LogP contribution in [0.5, 0.6) is 0 Å². The Balaban J connectivity index is 1.67. The molecule has 3 N–H and O–H groups in total. The van der Waals surface area contributed by atoms with E-state index in [4.69, 9.17) is 15.5 Å². The lowest BCUT2D eigenvalue weighted by Gasteiger charge is -2.34. The van der Waals surface area contributed by atoms with E-state index in [2.05, 4.69) is 5.32 Å². The fourth-order valence-electron chi connectivity index (χ4n) is 4.08. The van der Waals surface area contributed by atoms with Crippen LogP contribution in [0.25, 0.3) is 10.9 Å². The van der Waals surface area contributed by atoms with Gasteiger partial charge >= 0.3 is 0 Å². The fraction of sp³-hybridized carbons (Fsp3) is 0.545. The second-order valence-corrected chi connectivity index (χ2v) is 7.98. The summed E-state index contributed by atoms with van der Waals surface area (Å²) in [7, 11) is 0. The first kappa shape index (κ1) is 20.2. The van der Waals surface area contributed by atoms with Gasteiger partial charge in [-0.25, -0.2) is 4.39 Å². The molecule has 2 aromatic rings. The highest BCUT2D eigenvalue weighted by atomic mass is 19.1. The van der Waals surface area contributed by atoms with Crippen molar-refractivity contribution in [1.29, 1.82) is 0 Å². The number of carbonyl (C=O) groups is 1. The topological polar surface area (TPSA) is 80.5 Å². The number of nitrogens with two attached hydrogens (primary N) is 1. The Morgan fingerprint density at radius 3 is 2.93 bits per heavy atom. The first-order valence-corrected chi connectivity index (χ1v) is 10.5. The van der Waals surface area contributed by atoms with Crippen LogP contribution in [-0.4, -0.2) is 54.2 Å². The standard InChI is InChI=1S/C22H29FN4O2/c1-14(27(17-5-6-17)22(28)21-13-25-9-10-29-21)20-11-15(3-2-8-24)18-12-16(23)4-7-19(18)26-20/h4,7,11-12,14,17,21,25H,2-3,5-6,8-10,13,24H2,1H3/t14-,21-/m1/s1. The van der Waals surface area contributed by atoms with Gasteiger partial charge in [-0.1, -0.05) is 0 Å². The van der Waals surface area contributed by atoms with Gasteiger partial charge in [0.05, 0.1) is 23.9 Å². The molecule has 7 heteroatoms. The third-order valence-corrected chi connectivity index (χ3v) is 5.77. The molecule has 1 aromatic heterocycles. The van der Waals surface area contributed by atoms with Crippen LogP contribution < -0.4 is 11.1 Å². The Bertz CT molecular complexity index is 880. The molecule has 1 aliphatic heterocycles. The molecule has 4 rings (SSSR count). The zero-order valence-electron chi connectivity index (χ0n) is 16.9. The Hall–Kier alpha value is -2.09. The van der Waals surface area contributed by atoms with Gasteiger partial charge in [-0.3, -0.25) is 9.78 Å². The van der Waals surface area contributed by atoms with E-state index in [0.717, 1.165) is 54.4 Å². The summed E-state index contributed by atoms with van der Waals surface area (Å²) in [6.07, 6.45) is 3.14. The number of aromatic nitrogens is 1. The number of aryl methyl sites for hydroxylation is 1. The van der Waals surface area contributed by atoms with Gasteiger partial charge in [0.25, 0.3) is 5.91 Å². The number of amides is 1. The molecule has 1 aliphatic carbocycles. The van der Waals surface area contributed by atoms with Crippen molar-refractivity contribution in [1.82, 2.24) is 15.2 Å². The lowest BCUT2D eigenvalue weighted by molar-refractivity contribution is -0.148. The van der Waals surface area contributed by atoms with Gasteiger partial charge in [0.15, 0.2) is 0 Å². The molecule has 2 aliphatic rings. The molecule has 0 unspecified atom stereocenters. The van der Waals surface area contributed by atoms with Crippen LogP contribution in [0, 0.1) is 5.82 Å². The maximum absolute atomic E-state index is 13.8. The Kier molecular flexibility index (Phi) is 6.08. The molecule has 0 bridgehead atoms. The predicted molar refractivity (Wildman–Crippen MR) is 110 cm³/mol. The quantitative estimate of drug-likeness (QED) is 0.746. The highest BCUT2D eigenvalue weighted by Crippen LogP contribution is 2.36. The minimum atomic E-state index is -0.446. The number of hydrogen-bond donors (Lipinski definition) is 2. The summed E-state index contributed by atoms with van der Waals surface area (Å²) in [5.41, 5.74) is 8.32. The number of benzene rings is 1. The highest BCUT2D eigenvalue weighted by molar-refractivity contribution is 5.84. The molecule has 2 fully saturated rings. The number of nitrogens with zero attached hydrogens (tertiary/aromatic N) is 2. The molecule has 1 saturated carbocycles. The SMILES string of the molecule is C[C@H](c1cc(CCCN)c2cc(F)ccc2n1)N(C(=O)[C@H]1CNCCO1)C1CC1. The smallest absolute Gasteiger partial charge is 0.253 e. The molecule has 1 saturated heterocycles. The number of carbonyl (C=O) groups excluding carboxylic acids is 1. The number of hydrogen-bond acceptors (Lipinski definition) is 5. The molecule has 156 valence electrons. The van der Waals surface area contributed by atoms with E-state index < -0.39 is 6.10 Å². The Morgan fingerprint density at radius 2 is 2.24 bits per heavy atom. The van der Waals surface area contributed by atoms with Crippen LogP contribution in [0.3, 0.4) is 0 Å². The molecule has 2 atom stereocenters. The lowest BCUT2D eigenvalue weighted by atomic mass is 10.0. The number of pyridine rings is 1. The average Bonchev–Trinajstić information content (AvgIpc) is 3.57. The average molecular weight is 400 g/mol. The second kappa shape index (κ2) is 8.73. The first-order chi connectivity index (χ1) is 14.1. The molecule has 0 spiro atoms. The third-order valence-electron chi connectivity index (χ3n) is 5.77. The minimum absolute atomic E-state index is 0.0247. The molecular weight excluding hydrogens is 371 g/mol. The van der Waals surface area contributed by atoms with Crippen molar-refractivity contribution in [3.63, 3.8) is 0 Å². The lowest BCUT2D eigenvalue weighted by Crippen LogP contribution is -2.50. The van der Waals surface area contributed by atoms with Crippen molar-refractivity contribution < 1.29 is 13.9 Å². The van der Waals surface area contributed by atoms with E-state index in [1.165, 1.54) is 12.1 Å². The highest BCUT2D eigenvalue weighted by Gasteiger charge is 2.40. The van der Waals surface area contributed by atoms with E-state index in [1.807, 2.05) is 17.9 Å². The molecule has 1 amide bonds. The normalized spacial score (nSPS) is 20.6. The van der Waals surface area contributed by atoms with Crippen molar-refractivity contribution in [3.8, 4) is 0 Å². The van der Waals surface area contributed by atoms with Gasteiger partial charge < -0.3 is 20.7 Å². The fourth-order valence-corrected chi connectivity index (χ4v) is 4.08. The molecular formula is C22H29FN4O2. The molecule has 6 nitrogen and oxygen atoms in total. The molecule has 29 heavy (non-hydrogen) atoms. The maximum atomic E-state index is 13.8. The zero-order valence-corrected chi connectivity index (χ0v) is 16.9. The monoisotopic (exact) mass is 400 g/mol. The van der Waals surface area contributed by atoms with Crippen LogP contribution >= 0.6 is 0 Å². The van der Waals surface area contributed by atoms with Crippen LogP contribution in [0.4, 0.5) is 4.39 Å². The summed E-state index contributed by atoms with van der Waals surface area (Å²) in [4.78, 5) is 20.0. The number of fused-ring (bicyclic) bond motifs is 1. The minimum Gasteiger partial charge on any atom is -0.366 e. The van der Waals surface area contributed by atoms with Crippen molar-refractivity contribution in [3.05, 3.63) is 41.3 Å². The first-order valence-electron chi connectivity index (χ1n) is 10.5. The van der Waals surface area contributed by atoms with Crippen molar-refractivity contribution >= 4 is 16.8 Å². The number of halogens is 1. The molecule has 2 heterocycles. The van der Waals surface area contributed by atoms with Gasteiger partial charge in [0.1, 0.15) is 11.9 Å². The number of nitrogens with one attached hydrogen (secondary N) is 1. The Morgan fingerprint density at radius 1 is 1.41 bits per heavy atom. The molecule has 1 aromatic carbocycles. The van der Waals surface area contributed by atoms with Gasteiger partial charge in [-0.2, -0.15) is 0 Å². The summed E-state index contributed by atoms with van der Waals surface area (Å²) in [6, 6.07) is 6.76. The van der Waals surface area contributed by atoms with Crippen molar-refractivity contribution in [2.75, 3.05) is 26.2 Å². The zero-order chi connectivity index (χ0) is 20.4. The van der Waals surface area contributed by atoms with Crippen LogP contribution in [-0.2, 0) is 16.0 Å². The summed E-state index contributed by atoms with van der Waals surface area (Å²) in [5.74, 6) is -0.248. The number of ether oxygens (including phenoxy) is 1. The Labute approximate surface area is 170 Å². The van der Waals surface area contributed by atoms with Gasteiger partial charge in [-0.05, 0) is 69.0 Å².